The fraction of sp³-hybridized carbons (Fsp3) is 0.562. The van der Waals surface area contributed by atoms with Crippen LogP contribution < -0.4 is 4.90 Å². The summed E-state index contributed by atoms with van der Waals surface area (Å²) in [5, 5.41) is 4.08. The van der Waals surface area contributed by atoms with Crippen molar-refractivity contribution in [3.05, 3.63) is 25.0 Å². The third-order valence-corrected chi connectivity index (χ3v) is 4.82. The number of anilines is 1. The van der Waals surface area contributed by atoms with E-state index in [0.29, 0.717) is 17.6 Å². The van der Waals surface area contributed by atoms with Gasteiger partial charge in [-0.3, -0.25) is 4.79 Å². The molecule has 0 saturated carbocycles. The van der Waals surface area contributed by atoms with Crippen LogP contribution in [0.5, 0.6) is 0 Å². The van der Waals surface area contributed by atoms with E-state index in [2.05, 4.69) is 31.9 Å². The van der Waals surface area contributed by atoms with Crippen LogP contribution in [-0.2, 0) is 4.79 Å². The zero-order valence-electron chi connectivity index (χ0n) is 13.7. The smallest absolute Gasteiger partial charge is 0.229 e. The Bertz CT molecular complexity index is 711. The third-order valence-electron chi connectivity index (χ3n) is 4.82. The maximum atomic E-state index is 12.6. The molecular formula is C16H21N7O. The van der Waals surface area contributed by atoms with Crippen molar-refractivity contribution in [3.8, 4) is 5.82 Å². The highest BCUT2D eigenvalue weighted by Crippen LogP contribution is 2.26. The molecule has 1 atom stereocenters. The number of hydrogen-bond donors (Lipinski definition) is 0. The van der Waals surface area contributed by atoms with Gasteiger partial charge in [-0.25, -0.2) is 19.6 Å². The molecule has 126 valence electrons. The summed E-state index contributed by atoms with van der Waals surface area (Å²) in [6.45, 7) is 5.47. The van der Waals surface area contributed by atoms with E-state index >= 15 is 0 Å². The molecule has 2 aromatic heterocycles. The number of likely N-dealkylation sites (tertiary alicyclic amines) is 1. The quantitative estimate of drug-likeness (QED) is 0.828. The summed E-state index contributed by atoms with van der Waals surface area (Å²) in [5.41, 5.74) is 0. The van der Waals surface area contributed by atoms with Gasteiger partial charge in [-0.2, -0.15) is 5.10 Å². The van der Waals surface area contributed by atoms with Crippen LogP contribution in [-0.4, -0.2) is 61.7 Å². The minimum atomic E-state index is 0.0834. The second-order valence-electron chi connectivity index (χ2n) is 6.71. The zero-order chi connectivity index (χ0) is 16.5. The summed E-state index contributed by atoms with van der Waals surface area (Å²) in [7, 11) is 0. The van der Waals surface area contributed by atoms with E-state index in [4.69, 9.17) is 0 Å². The van der Waals surface area contributed by atoms with Crippen LogP contribution in [0.2, 0.25) is 0 Å². The molecule has 4 heterocycles. The van der Waals surface area contributed by atoms with E-state index in [-0.39, 0.29) is 5.92 Å². The fourth-order valence-electron chi connectivity index (χ4n) is 3.43. The van der Waals surface area contributed by atoms with Gasteiger partial charge in [0.1, 0.15) is 24.8 Å². The predicted molar refractivity (Wildman–Crippen MR) is 87.6 cm³/mol. The molecule has 4 rings (SSSR count). The van der Waals surface area contributed by atoms with Crippen LogP contribution in [0.25, 0.3) is 5.82 Å². The number of carbonyl (C=O) groups excluding carboxylic acids is 1. The van der Waals surface area contributed by atoms with Gasteiger partial charge in [0.2, 0.25) is 5.91 Å². The number of rotatable bonds is 3. The SMILES string of the molecule is CC1CCCN(C(=O)C2CN(c3cc(-n4cncn4)ncn3)C2)C1. The van der Waals surface area contributed by atoms with E-state index in [0.717, 1.165) is 38.4 Å². The largest absolute Gasteiger partial charge is 0.355 e. The van der Waals surface area contributed by atoms with Crippen LogP contribution >= 0.6 is 0 Å². The molecule has 0 N–H and O–H groups in total. The minimum absolute atomic E-state index is 0.0834. The highest BCUT2D eigenvalue weighted by Gasteiger charge is 2.37. The molecule has 0 spiro atoms. The topological polar surface area (TPSA) is 80.0 Å². The molecule has 2 fully saturated rings. The molecule has 0 aromatic carbocycles. The lowest BCUT2D eigenvalue weighted by molar-refractivity contribution is -0.138. The molecule has 2 aliphatic heterocycles. The number of amides is 1. The molecule has 2 saturated heterocycles. The Kier molecular flexibility index (Phi) is 3.87. The Labute approximate surface area is 140 Å². The Morgan fingerprint density at radius 1 is 1.17 bits per heavy atom. The molecule has 0 radical (unpaired) electrons. The molecular weight excluding hydrogens is 306 g/mol. The van der Waals surface area contributed by atoms with Gasteiger partial charge in [0.15, 0.2) is 5.82 Å². The maximum absolute atomic E-state index is 12.6. The number of carbonyl (C=O) groups is 1. The lowest BCUT2D eigenvalue weighted by Gasteiger charge is -2.42. The van der Waals surface area contributed by atoms with Gasteiger partial charge < -0.3 is 9.80 Å². The summed E-state index contributed by atoms with van der Waals surface area (Å²) in [6.07, 6.45) is 6.95. The summed E-state index contributed by atoms with van der Waals surface area (Å²) in [6, 6.07) is 1.87. The fourth-order valence-corrected chi connectivity index (χ4v) is 3.43. The van der Waals surface area contributed by atoms with E-state index in [9.17, 15) is 4.79 Å². The number of piperidine rings is 1. The Morgan fingerprint density at radius 3 is 2.75 bits per heavy atom. The first-order valence-electron chi connectivity index (χ1n) is 8.41. The standard InChI is InChI=1S/C16H21N7O/c1-12-3-2-4-21(6-12)16(24)13-7-22(8-13)14-5-15(19-10-18-14)23-11-17-9-20-23/h5,9-13H,2-4,6-8H2,1H3. The predicted octanol–water partition coefficient (Wildman–Crippen LogP) is 0.752. The van der Waals surface area contributed by atoms with Crippen LogP contribution in [0.3, 0.4) is 0 Å². The monoisotopic (exact) mass is 327 g/mol. The lowest BCUT2D eigenvalue weighted by atomic mass is 9.94. The van der Waals surface area contributed by atoms with Crippen LogP contribution in [0.15, 0.2) is 25.0 Å². The third kappa shape index (κ3) is 2.83. The average molecular weight is 327 g/mol. The van der Waals surface area contributed by atoms with Crippen molar-refractivity contribution >= 4 is 11.7 Å². The first-order valence-corrected chi connectivity index (χ1v) is 8.41. The van der Waals surface area contributed by atoms with Gasteiger partial charge in [-0.1, -0.05) is 6.92 Å². The van der Waals surface area contributed by atoms with Crippen LogP contribution in [0.4, 0.5) is 5.82 Å². The molecule has 8 nitrogen and oxygen atoms in total. The van der Waals surface area contributed by atoms with Crippen molar-refractivity contribution < 1.29 is 4.79 Å². The number of hydrogen-bond acceptors (Lipinski definition) is 6. The van der Waals surface area contributed by atoms with Crippen molar-refractivity contribution in [2.75, 3.05) is 31.1 Å². The molecule has 2 aromatic rings. The second kappa shape index (κ2) is 6.18. The highest BCUT2D eigenvalue weighted by molar-refractivity contribution is 5.82. The van der Waals surface area contributed by atoms with E-state index in [1.807, 2.05) is 11.0 Å². The van der Waals surface area contributed by atoms with E-state index < -0.39 is 0 Å². The molecule has 0 aliphatic carbocycles. The average Bonchev–Trinajstić information content (AvgIpc) is 3.08. The Morgan fingerprint density at radius 2 is 2.00 bits per heavy atom. The van der Waals surface area contributed by atoms with Crippen molar-refractivity contribution in [1.82, 2.24) is 29.6 Å². The molecule has 2 aliphatic rings. The van der Waals surface area contributed by atoms with Crippen molar-refractivity contribution in [1.29, 1.82) is 0 Å². The van der Waals surface area contributed by atoms with Gasteiger partial charge in [0.05, 0.1) is 5.92 Å². The first kappa shape index (κ1) is 15.0. The van der Waals surface area contributed by atoms with Crippen molar-refractivity contribution in [2.45, 2.75) is 19.8 Å². The van der Waals surface area contributed by atoms with Gasteiger partial charge in [0.25, 0.3) is 0 Å². The van der Waals surface area contributed by atoms with Crippen LogP contribution in [0.1, 0.15) is 19.8 Å². The summed E-state index contributed by atoms with van der Waals surface area (Å²) >= 11 is 0. The molecule has 1 amide bonds. The normalized spacial score (nSPS) is 21.6. The molecule has 8 heteroatoms. The minimum Gasteiger partial charge on any atom is -0.355 e. The number of aromatic nitrogens is 5. The Balaban J connectivity index is 1.39. The van der Waals surface area contributed by atoms with E-state index in [1.54, 1.807) is 11.0 Å². The first-order chi connectivity index (χ1) is 11.7. The Hall–Kier alpha value is -2.51. The lowest BCUT2D eigenvalue weighted by Crippen LogP contribution is -2.56. The summed E-state index contributed by atoms with van der Waals surface area (Å²) in [5.74, 6) is 2.50. The zero-order valence-corrected chi connectivity index (χ0v) is 13.7. The maximum Gasteiger partial charge on any atom is 0.229 e. The summed E-state index contributed by atoms with van der Waals surface area (Å²) in [4.78, 5) is 29.2. The second-order valence-corrected chi connectivity index (χ2v) is 6.71. The van der Waals surface area contributed by atoms with Gasteiger partial charge >= 0.3 is 0 Å². The van der Waals surface area contributed by atoms with Gasteiger partial charge in [0, 0.05) is 32.2 Å². The molecule has 1 unspecified atom stereocenters. The van der Waals surface area contributed by atoms with Gasteiger partial charge in [-0.05, 0) is 18.8 Å². The van der Waals surface area contributed by atoms with Crippen molar-refractivity contribution in [2.24, 2.45) is 11.8 Å². The van der Waals surface area contributed by atoms with Gasteiger partial charge in [-0.15, -0.1) is 0 Å². The van der Waals surface area contributed by atoms with E-state index in [1.165, 1.54) is 19.1 Å². The highest BCUT2D eigenvalue weighted by atomic mass is 16.2. The molecule has 0 bridgehead atoms. The summed E-state index contributed by atoms with van der Waals surface area (Å²) < 4.78 is 1.60. The number of nitrogens with zero attached hydrogens (tertiary/aromatic N) is 7. The van der Waals surface area contributed by atoms with Crippen LogP contribution in [0, 0.1) is 11.8 Å². The van der Waals surface area contributed by atoms with Crippen molar-refractivity contribution in [3.63, 3.8) is 0 Å². The molecule has 24 heavy (non-hydrogen) atoms.